The minimum absolute atomic E-state index is 0.112. The highest BCUT2D eigenvalue weighted by atomic mass is 19.2. The lowest BCUT2D eigenvalue weighted by Crippen LogP contribution is -2.54. The van der Waals surface area contributed by atoms with Crippen molar-refractivity contribution in [3.8, 4) is 0 Å². The Kier molecular flexibility index (Phi) is 5.24. The summed E-state index contributed by atoms with van der Waals surface area (Å²) in [5.41, 5.74) is 0.0189. The minimum atomic E-state index is -1.16. The van der Waals surface area contributed by atoms with Crippen LogP contribution in [0.5, 0.6) is 0 Å². The van der Waals surface area contributed by atoms with Gasteiger partial charge in [-0.1, -0.05) is 0 Å². The van der Waals surface area contributed by atoms with Crippen LogP contribution in [-0.4, -0.2) is 43.3 Å². The summed E-state index contributed by atoms with van der Waals surface area (Å²) >= 11 is 0. The first kappa shape index (κ1) is 16.3. The van der Waals surface area contributed by atoms with Crippen molar-refractivity contribution in [1.82, 2.24) is 10.2 Å². The fourth-order valence-electron chi connectivity index (χ4n) is 2.48. The van der Waals surface area contributed by atoms with Gasteiger partial charge in [-0.3, -0.25) is 4.90 Å². The number of nitrogens with one attached hydrogen (secondary N) is 1. The van der Waals surface area contributed by atoms with Crippen LogP contribution in [0.2, 0.25) is 0 Å². The monoisotopic (exact) mass is 302 g/mol. The standard InChI is InChI=1S/C15H21F3N2O/c1-15(2,20-3-5-21-6-4-20)10-19-9-11-7-13(17)14(18)8-12(11)16/h7-8,19H,3-6,9-10H2,1-2H3. The molecule has 1 aromatic rings. The predicted molar refractivity (Wildman–Crippen MR) is 74.5 cm³/mol. The Labute approximate surface area is 123 Å². The molecule has 0 amide bonds. The van der Waals surface area contributed by atoms with E-state index in [1.807, 2.05) is 0 Å². The largest absolute Gasteiger partial charge is 0.379 e. The molecule has 21 heavy (non-hydrogen) atoms. The van der Waals surface area contributed by atoms with Gasteiger partial charge in [0.05, 0.1) is 13.2 Å². The van der Waals surface area contributed by atoms with E-state index in [9.17, 15) is 13.2 Å². The number of nitrogens with zero attached hydrogens (tertiary/aromatic N) is 1. The second-order valence-electron chi connectivity index (χ2n) is 5.87. The van der Waals surface area contributed by atoms with Crippen LogP contribution < -0.4 is 5.32 Å². The van der Waals surface area contributed by atoms with Gasteiger partial charge < -0.3 is 10.1 Å². The SMILES string of the molecule is CC(C)(CNCc1cc(F)c(F)cc1F)N1CCOCC1. The molecule has 2 rings (SSSR count). The lowest BCUT2D eigenvalue weighted by atomic mass is 10.0. The smallest absolute Gasteiger partial charge is 0.161 e. The number of rotatable bonds is 5. The van der Waals surface area contributed by atoms with Crippen LogP contribution >= 0.6 is 0 Å². The van der Waals surface area contributed by atoms with Crippen LogP contribution in [0.4, 0.5) is 13.2 Å². The summed E-state index contributed by atoms with van der Waals surface area (Å²) in [7, 11) is 0. The summed E-state index contributed by atoms with van der Waals surface area (Å²) in [4.78, 5) is 2.30. The molecule has 6 heteroatoms. The van der Waals surface area contributed by atoms with E-state index in [-0.39, 0.29) is 17.6 Å². The molecular weight excluding hydrogens is 281 g/mol. The van der Waals surface area contributed by atoms with Crippen molar-refractivity contribution < 1.29 is 17.9 Å². The first-order valence-electron chi connectivity index (χ1n) is 7.07. The van der Waals surface area contributed by atoms with E-state index in [0.29, 0.717) is 25.8 Å². The van der Waals surface area contributed by atoms with Crippen molar-refractivity contribution in [3.05, 3.63) is 35.1 Å². The summed E-state index contributed by atoms with van der Waals surface area (Å²) in [6, 6.07) is 1.48. The van der Waals surface area contributed by atoms with Crippen LogP contribution in [0.15, 0.2) is 12.1 Å². The Hall–Kier alpha value is -1.11. The number of ether oxygens (including phenoxy) is 1. The van der Waals surface area contributed by atoms with Crippen molar-refractivity contribution in [2.24, 2.45) is 0 Å². The van der Waals surface area contributed by atoms with Gasteiger partial charge in [0.1, 0.15) is 5.82 Å². The van der Waals surface area contributed by atoms with Gasteiger partial charge in [0.25, 0.3) is 0 Å². The van der Waals surface area contributed by atoms with Crippen molar-refractivity contribution in [2.75, 3.05) is 32.8 Å². The molecule has 1 aromatic carbocycles. The molecule has 118 valence electrons. The minimum Gasteiger partial charge on any atom is -0.379 e. The van der Waals surface area contributed by atoms with Crippen LogP contribution in [0.1, 0.15) is 19.4 Å². The van der Waals surface area contributed by atoms with Gasteiger partial charge in [-0.05, 0) is 19.9 Å². The summed E-state index contributed by atoms with van der Waals surface area (Å²) in [5.74, 6) is -2.92. The first-order valence-corrected chi connectivity index (χ1v) is 7.07. The van der Waals surface area contributed by atoms with E-state index in [2.05, 4.69) is 24.1 Å². The number of benzene rings is 1. The zero-order chi connectivity index (χ0) is 15.5. The third-order valence-electron chi connectivity index (χ3n) is 3.83. The Morgan fingerprint density at radius 1 is 1.10 bits per heavy atom. The maximum atomic E-state index is 13.5. The molecule has 0 atom stereocenters. The normalized spacial score (nSPS) is 17.2. The highest BCUT2D eigenvalue weighted by molar-refractivity contribution is 5.20. The van der Waals surface area contributed by atoms with E-state index in [1.165, 1.54) is 0 Å². The Morgan fingerprint density at radius 3 is 2.38 bits per heavy atom. The molecule has 1 aliphatic heterocycles. The maximum Gasteiger partial charge on any atom is 0.161 e. The number of hydrogen-bond acceptors (Lipinski definition) is 3. The molecule has 1 fully saturated rings. The first-order chi connectivity index (χ1) is 9.90. The third-order valence-corrected chi connectivity index (χ3v) is 3.83. The Morgan fingerprint density at radius 2 is 1.71 bits per heavy atom. The van der Waals surface area contributed by atoms with Crippen LogP contribution in [-0.2, 0) is 11.3 Å². The van der Waals surface area contributed by atoms with Crippen LogP contribution in [0, 0.1) is 17.5 Å². The molecule has 0 spiro atoms. The topological polar surface area (TPSA) is 24.5 Å². The number of halogens is 3. The number of hydrogen-bond donors (Lipinski definition) is 1. The second kappa shape index (κ2) is 6.77. The average molecular weight is 302 g/mol. The molecule has 0 aromatic heterocycles. The van der Waals surface area contributed by atoms with Crippen molar-refractivity contribution >= 4 is 0 Å². The molecule has 0 unspecified atom stereocenters. The molecule has 3 nitrogen and oxygen atoms in total. The van der Waals surface area contributed by atoms with E-state index in [1.54, 1.807) is 0 Å². The van der Waals surface area contributed by atoms with Crippen molar-refractivity contribution in [3.63, 3.8) is 0 Å². The van der Waals surface area contributed by atoms with Gasteiger partial charge in [0, 0.05) is 43.3 Å². The zero-order valence-corrected chi connectivity index (χ0v) is 12.4. The quantitative estimate of drug-likeness (QED) is 0.845. The fraction of sp³-hybridized carbons (Fsp3) is 0.600. The molecule has 1 aliphatic rings. The van der Waals surface area contributed by atoms with Crippen molar-refractivity contribution in [2.45, 2.75) is 25.9 Å². The highest BCUT2D eigenvalue weighted by Gasteiger charge is 2.27. The van der Waals surface area contributed by atoms with Crippen LogP contribution in [0.25, 0.3) is 0 Å². The molecule has 0 radical (unpaired) electrons. The van der Waals surface area contributed by atoms with E-state index in [4.69, 9.17) is 4.74 Å². The molecule has 0 saturated carbocycles. The van der Waals surface area contributed by atoms with Gasteiger partial charge in [-0.2, -0.15) is 0 Å². The molecule has 1 N–H and O–H groups in total. The third kappa shape index (κ3) is 4.18. The molecule has 0 aliphatic carbocycles. The summed E-state index contributed by atoms with van der Waals surface area (Å²) in [6.07, 6.45) is 0. The predicted octanol–water partition coefficient (Wildman–Crippen LogP) is 2.30. The molecule has 0 bridgehead atoms. The molecular formula is C15H21F3N2O. The van der Waals surface area contributed by atoms with E-state index in [0.717, 1.165) is 19.2 Å². The average Bonchev–Trinajstić information content (AvgIpc) is 2.45. The lowest BCUT2D eigenvalue weighted by Gasteiger charge is -2.41. The summed E-state index contributed by atoms with van der Waals surface area (Å²) in [6.45, 7) is 8.09. The fourth-order valence-corrected chi connectivity index (χ4v) is 2.48. The van der Waals surface area contributed by atoms with E-state index < -0.39 is 17.5 Å². The zero-order valence-electron chi connectivity index (χ0n) is 12.4. The number of morpholine rings is 1. The summed E-state index contributed by atoms with van der Waals surface area (Å²) < 4.78 is 44.8. The molecule has 1 heterocycles. The van der Waals surface area contributed by atoms with Gasteiger partial charge >= 0.3 is 0 Å². The molecule has 1 saturated heterocycles. The van der Waals surface area contributed by atoms with E-state index >= 15 is 0 Å². The van der Waals surface area contributed by atoms with Gasteiger partial charge in [0.15, 0.2) is 11.6 Å². The lowest BCUT2D eigenvalue weighted by molar-refractivity contribution is -0.00968. The Bertz CT molecular complexity index is 488. The van der Waals surface area contributed by atoms with Gasteiger partial charge in [-0.25, -0.2) is 13.2 Å². The van der Waals surface area contributed by atoms with Gasteiger partial charge in [-0.15, -0.1) is 0 Å². The highest BCUT2D eigenvalue weighted by Crippen LogP contribution is 2.17. The second-order valence-corrected chi connectivity index (χ2v) is 5.87. The maximum absolute atomic E-state index is 13.5. The Balaban J connectivity index is 1.90. The van der Waals surface area contributed by atoms with Crippen LogP contribution in [0.3, 0.4) is 0 Å². The van der Waals surface area contributed by atoms with Gasteiger partial charge in [0.2, 0.25) is 0 Å². The summed E-state index contributed by atoms with van der Waals surface area (Å²) in [5, 5.41) is 3.12. The van der Waals surface area contributed by atoms with Crippen molar-refractivity contribution in [1.29, 1.82) is 0 Å².